The van der Waals surface area contributed by atoms with Crippen molar-refractivity contribution < 1.29 is 18.0 Å². The lowest BCUT2D eigenvalue weighted by Crippen LogP contribution is -2.55. The summed E-state index contributed by atoms with van der Waals surface area (Å²) in [4.78, 5) is 0. The second-order valence-corrected chi connectivity index (χ2v) is 6.63. The number of benzene rings is 1. The summed E-state index contributed by atoms with van der Waals surface area (Å²) in [5.74, 6) is 0.852. The van der Waals surface area contributed by atoms with Crippen LogP contribution in [0.15, 0.2) is 12.1 Å². The molecule has 1 aromatic carbocycles. The van der Waals surface area contributed by atoms with Gasteiger partial charge in [0, 0.05) is 26.5 Å². The molecule has 0 amide bonds. The van der Waals surface area contributed by atoms with E-state index in [9.17, 15) is 0 Å². The minimum atomic E-state index is -2.79. The zero-order valence-corrected chi connectivity index (χ0v) is 12.3. The van der Waals surface area contributed by atoms with E-state index in [0.29, 0.717) is 0 Å². The zero-order valence-electron chi connectivity index (χ0n) is 11.3. The second kappa shape index (κ2) is 5.64. The lowest BCUT2D eigenvalue weighted by molar-refractivity contribution is 0.140. The van der Waals surface area contributed by atoms with E-state index in [1.54, 1.807) is 28.4 Å². The largest absolute Gasteiger partial charge is 0.536 e. The number of ether oxygens (including phenoxy) is 1. The van der Waals surface area contributed by atoms with E-state index < -0.39 is 8.80 Å². The number of rotatable bonds is 5. The Balaban J connectivity index is 3.40. The monoisotopic (exact) mass is 256 g/mol. The van der Waals surface area contributed by atoms with Crippen molar-refractivity contribution in [3.63, 3.8) is 0 Å². The Morgan fingerprint density at radius 3 is 1.82 bits per heavy atom. The van der Waals surface area contributed by atoms with Crippen LogP contribution in [0.1, 0.15) is 11.1 Å². The summed E-state index contributed by atoms with van der Waals surface area (Å²) in [6, 6.07) is 3.97. The number of aryl methyl sites for hydroxylation is 1. The van der Waals surface area contributed by atoms with Gasteiger partial charge >= 0.3 is 8.80 Å². The van der Waals surface area contributed by atoms with Crippen molar-refractivity contribution in [3.05, 3.63) is 23.3 Å². The molecule has 1 rings (SSSR count). The predicted octanol–water partition coefficient (Wildman–Crippen LogP) is 1.40. The molecule has 0 saturated carbocycles. The highest BCUT2D eigenvalue weighted by molar-refractivity contribution is 6.75. The van der Waals surface area contributed by atoms with Gasteiger partial charge in [-0.1, -0.05) is 12.1 Å². The van der Waals surface area contributed by atoms with Crippen LogP contribution in [0.25, 0.3) is 0 Å². The van der Waals surface area contributed by atoms with Gasteiger partial charge in [0.15, 0.2) is 0 Å². The summed E-state index contributed by atoms with van der Waals surface area (Å²) >= 11 is 0. The van der Waals surface area contributed by atoms with Crippen molar-refractivity contribution in [1.29, 1.82) is 0 Å². The van der Waals surface area contributed by atoms with Gasteiger partial charge < -0.3 is 18.0 Å². The quantitative estimate of drug-likeness (QED) is 0.746. The molecule has 0 bridgehead atoms. The van der Waals surface area contributed by atoms with Crippen molar-refractivity contribution in [2.75, 3.05) is 28.4 Å². The molecule has 0 spiro atoms. The summed E-state index contributed by atoms with van der Waals surface area (Å²) in [7, 11) is 3.68. The number of hydrogen-bond acceptors (Lipinski definition) is 4. The van der Waals surface area contributed by atoms with E-state index in [4.69, 9.17) is 18.0 Å². The molecule has 1 aromatic rings. The van der Waals surface area contributed by atoms with E-state index in [2.05, 4.69) is 0 Å². The van der Waals surface area contributed by atoms with Crippen LogP contribution in [0.2, 0.25) is 0 Å². The smallest absolute Gasteiger partial charge is 0.496 e. The molecule has 0 radical (unpaired) electrons. The van der Waals surface area contributed by atoms with Gasteiger partial charge in [-0.3, -0.25) is 0 Å². The van der Waals surface area contributed by atoms with Gasteiger partial charge in [-0.25, -0.2) is 0 Å². The van der Waals surface area contributed by atoms with Crippen molar-refractivity contribution >= 4 is 14.0 Å². The molecule has 17 heavy (non-hydrogen) atoms. The molecule has 0 N–H and O–H groups in total. The van der Waals surface area contributed by atoms with Gasteiger partial charge in [0.25, 0.3) is 0 Å². The van der Waals surface area contributed by atoms with Gasteiger partial charge in [-0.05, 0) is 25.0 Å². The maximum Gasteiger partial charge on any atom is 0.536 e. The first-order valence-corrected chi connectivity index (χ1v) is 7.08. The van der Waals surface area contributed by atoms with Gasteiger partial charge in [0.1, 0.15) is 5.75 Å². The third kappa shape index (κ3) is 2.37. The lowest BCUT2D eigenvalue weighted by atomic mass is 10.1. The van der Waals surface area contributed by atoms with E-state index in [0.717, 1.165) is 22.1 Å². The second-order valence-electron chi connectivity index (χ2n) is 3.76. The third-order valence-electron chi connectivity index (χ3n) is 2.94. The minimum absolute atomic E-state index is 0.852. The molecule has 96 valence electrons. The SMILES string of the molecule is COc1c(C)ccc([Si](OC)(OC)OC)c1C. The fourth-order valence-corrected chi connectivity index (χ4v) is 4.07. The van der Waals surface area contributed by atoms with Crippen molar-refractivity contribution in [1.82, 2.24) is 0 Å². The summed E-state index contributed by atoms with van der Waals surface area (Å²) < 4.78 is 21.8. The van der Waals surface area contributed by atoms with Crippen LogP contribution in [0.3, 0.4) is 0 Å². The van der Waals surface area contributed by atoms with Gasteiger partial charge in [0.2, 0.25) is 0 Å². The summed E-state index contributed by atoms with van der Waals surface area (Å²) in [6.07, 6.45) is 0. The average molecular weight is 256 g/mol. The molecule has 5 heteroatoms. The standard InChI is InChI=1S/C12H20O4Si/c1-9-7-8-11(10(2)12(9)13-3)17(14-4,15-5)16-6/h7-8H,1-6H3. The van der Waals surface area contributed by atoms with Gasteiger partial charge in [0.05, 0.1) is 7.11 Å². The Bertz CT molecular complexity index is 380. The predicted molar refractivity (Wildman–Crippen MR) is 68.9 cm³/mol. The van der Waals surface area contributed by atoms with Crippen LogP contribution >= 0.6 is 0 Å². The van der Waals surface area contributed by atoms with Gasteiger partial charge in [-0.2, -0.15) is 0 Å². The molecule has 0 heterocycles. The molecule has 0 fully saturated rings. The van der Waals surface area contributed by atoms with Crippen LogP contribution in [-0.4, -0.2) is 37.2 Å². The van der Waals surface area contributed by atoms with E-state index in [1.165, 1.54) is 0 Å². The van der Waals surface area contributed by atoms with E-state index in [1.807, 2.05) is 26.0 Å². The molecule has 0 aliphatic rings. The molecule has 0 unspecified atom stereocenters. The van der Waals surface area contributed by atoms with E-state index >= 15 is 0 Å². The molecule has 0 aliphatic carbocycles. The van der Waals surface area contributed by atoms with E-state index in [-0.39, 0.29) is 0 Å². The maximum absolute atomic E-state index is 5.48. The fourth-order valence-electron chi connectivity index (χ4n) is 2.05. The maximum atomic E-state index is 5.48. The highest BCUT2D eigenvalue weighted by Crippen LogP contribution is 2.23. The summed E-state index contributed by atoms with van der Waals surface area (Å²) in [6.45, 7) is 3.99. The van der Waals surface area contributed by atoms with Crippen molar-refractivity contribution in [2.24, 2.45) is 0 Å². The first-order valence-electron chi connectivity index (χ1n) is 5.36. The first-order chi connectivity index (χ1) is 8.06. The normalized spacial score (nSPS) is 11.6. The van der Waals surface area contributed by atoms with Crippen molar-refractivity contribution in [2.45, 2.75) is 13.8 Å². The Hall–Kier alpha value is -0.883. The molecule has 0 aliphatic heterocycles. The van der Waals surface area contributed by atoms with Gasteiger partial charge in [-0.15, -0.1) is 0 Å². The molecular formula is C12H20O4Si. The minimum Gasteiger partial charge on any atom is -0.496 e. The molecule has 0 saturated heterocycles. The zero-order chi connectivity index (χ0) is 13.1. The lowest BCUT2D eigenvalue weighted by Gasteiger charge is -2.27. The summed E-state index contributed by atoms with van der Waals surface area (Å²) in [5.41, 5.74) is 2.09. The van der Waals surface area contributed by atoms with Crippen LogP contribution in [0, 0.1) is 13.8 Å². The first kappa shape index (κ1) is 14.2. The number of methoxy groups -OCH3 is 1. The molecular weight excluding hydrogens is 236 g/mol. The van der Waals surface area contributed by atoms with Crippen LogP contribution < -0.4 is 9.92 Å². The number of hydrogen-bond donors (Lipinski definition) is 0. The average Bonchev–Trinajstić information content (AvgIpc) is 2.34. The highest BCUT2D eigenvalue weighted by atomic mass is 28.4. The topological polar surface area (TPSA) is 36.9 Å². The highest BCUT2D eigenvalue weighted by Gasteiger charge is 2.42. The fraction of sp³-hybridized carbons (Fsp3) is 0.500. The molecule has 4 nitrogen and oxygen atoms in total. The Kier molecular flexibility index (Phi) is 4.70. The molecule has 0 aromatic heterocycles. The third-order valence-corrected chi connectivity index (χ3v) is 5.76. The molecule has 0 atom stereocenters. The van der Waals surface area contributed by atoms with Crippen LogP contribution in [0.4, 0.5) is 0 Å². The van der Waals surface area contributed by atoms with Crippen LogP contribution in [0.5, 0.6) is 5.75 Å². The summed E-state index contributed by atoms with van der Waals surface area (Å²) in [5, 5.41) is 0.937. The van der Waals surface area contributed by atoms with Crippen molar-refractivity contribution in [3.8, 4) is 5.75 Å². The van der Waals surface area contributed by atoms with Crippen LogP contribution in [-0.2, 0) is 13.3 Å². The Labute approximate surface area is 104 Å². The Morgan fingerprint density at radius 2 is 1.41 bits per heavy atom. The Morgan fingerprint density at radius 1 is 0.882 bits per heavy atom.